The van der Waals surface area contributed by atoms with Gasteiger partial charge in [-0.1, -0.05) is 0 Å². The summed E-state index contributed by atoms with van der Waals surface area (Å²) in [4.78, 5) is 7.86. The molecule has 2 heterocycles. The first kappa shape index (κ1) is 10.4. The zero-order valence-corrected chi connectivity index (χ0v) is 9.46. The van der Waals surface area contributed by atoms with Crippen LogP contribution >= 0.6 is 10.7 Å². The average molecular weight is 246 g/mol. The number of rotatable bonds is 2. The summed E-state index contributed by atoms with van der Waals surface area (Å²) < 4.78 is 24.3. The molecule has 15 heavy (non-hydrogen) atoms. The van der Waals surface area contributed by atoms with E-state index in [0.717, 1.165) is 0 Å². The number of hydrogen-bond acceptors (Lipinski definition) is 4. The molecule has 2 aromatic heterocycles. The van der Waals surface area contributed by atoms with Crippen LogP contribution < -0.4 is 0 Å². The summed E-state index contributed by atoms with van der Waals surface area (Å²) in [6, 6.07) is 0. The third-order valence-corrected chi connectivity index (χ3v) is 3.45. The second kappa shape index (κ2) is 3.46. The summed E-state index contributed by atoms with van der Waals surface area (Å²) in [5.74, 6) is 0. The fourth-order valence-corrected chi connectivity index (χ4v) is 2.46. The molecule has 0 aliphatic rings. The molecule has 0 aromatic carbocycles. The van der Waals surface area contributed by atoms with Crippen LogP contribution in [0.15, 0.2) is 23.6 Å². The van der Waals surface area contributed by atoms with Crippen molar-refractivity contribution in [1.29, 1.82) is 0 Å². The predicted octanol–water partition coefficient (Wildman–Crippen LogP) is 1.38. The molecule has 0 saturated heterocycles. The van der Waals surface area contributed by atoms with E-state index in [4.69, 9.17) is 10.7 Å². The van der Waals surface area contributed by atoms with Crippen LogP contribution in [-0.2, 0) is 15.6 Å². The van der Waals surface area contributed by atoms with Gasteiger partial charge in [-0.2, -0.15) is 0 Å². The number of halogens is 1. The molecule has 80 valence electrons. The lowest BCUT2D eigenvalue weighted by Crippen LogP contribution is -1.92. The third kappa shape index (κ3) is 1.70. The molecule has 0 amide bonds. The second-order valence-electron chi connectivity index (χ2n) is 2.98. The molecule has 2 aromatic rings. The van der Waals surface area contributed by atoms with Gasteiger partial charge in [0.2, 0.25) is 0 Å². The summed E-state index contributed by atoms with van der Waals surface area (Å²) in [6.45, 7) is 2.52. The fraction of sp³-hybridized carbons (Fsp3) is 0.250. The van der Waals surface area contributed by atoms with Gasteiger partial charge in [0.15, 0.2) is 0 Å². The number of aromatic nitrogens is 3. The molecule has 0 fully saturated rings. The Balaban J connectivity index is 2.88. The molecular formula is C8H8ClN3O2S. The van der Waals surface area contributed by atoms with Crippen LogP contribution in [-0.4, -0.2) is 23.0 Å². The first-order chi connectivity index (χ1) is 7.04. The van der Waals surface area contributed by atoms with Crippen LogP contribution in [0.2, 0.25) is 0 Å². The molecule has 2 rings (SSSR count). The largest absolute Gasteiger partial charge is 0.331 e. The van der Waals surface area contributed by atoms with Gasteiger partial charge in [-0.15, -0.1) is 0 Å². The van der Waals surface area contributed by atoms with Crippen LogP contribution in [0.3, 0.4) is 0 Å². The van der Waals surface area contributed by atoms with Gasteiger partial charge in [0, 0.05) is 29.6 Å². The van der Waals surface area contributed by atoms with Gasteiger partial charge < -0.3 is 4.57 Å². The van der Waals surface area contributed by atoms with E-state index in [2.05, 4.69) is 9.97 Å². The van der Waals surface area contributed by atoms with E-state index in [-0.39, 0.29) is 4.90 Å². The smallest absolute Gasteiger partial charge is 0.263 e. The van der Waals surface area contributed by atoms with Crippen LogP contribution in [0, 0.1) is 0 Å². The Labute approximate surface area is 91.1 Å². The molecule has 0 spiro atoms. The van der Waals surface area contributed by atoms with E-state index in [1.54, 1.807) is 4.57 Å². The Bertz CT molecular complexity index is 605. The van der Waals surface area contributed by atoms with Gasteiger partial charge >= 0.3 is 0 Å². The molecule has 0 aliphatic carbocycles. The zero-order chi connectivity index (χ0) is 11.1. The molecular weight excluding hydrogens is 238 g/mol. The highest BCUT2D eigenvalue weighted by Crippen LogP contribution is 2.25. The van der Waals surface area contributed by atoms with Crippen molar-refractivity contribution in [2.75, 3.05) is 0 Å². The molecule has 0 unspecified atom stereocenters. The van der Waals surface area contributed by atoms with Crippen LogP contribution in [0.5, 0.6) is 0 Å². The zero-order valence-electron chi connectivity index (χ0n) is 7.88. The van der Waals surface area contributed by atoms with Crippen LogP contribution in [0.4, 0.5) is 0 Å². The van der Waals surface area contributed by atoms with Crippen molar-refractivity contribution in [1.82, 2.24) is 14.5 Å². The topological polar surface area (TPSA) is 64.8 Å². The standard InChI is InChI=1S/C8H8ClN3O2S/c1-2-12-4-7(15(9,13)14)6-3-10-5-11-8(6)12/h3-5H,2H2,1H3. The first-order valence-electron chi connectivity index (χ1n) is 4.27. The lowest BCUT2D eigenvalue weighted by Gasteiger charge is -1.96. The highest BCUT2D eigenvalue weighted by molar-refractivity contribution is 8.14. The maximum absolute atomic E-state index is 11.3. The summed E-state index contributed by atoms with van der Waals surface area (Å²) in [7, 11) is 1.56. The third-order valence-electron chi connectivity index (χ3n) is 2.11. The minimum absolute atomic E-state index is 0.0571. The van der Waals surface area contributed by atoms with E-state index in [0.29, 0.717) is 17.6 Å². The molecule has 0 radical (unpaired) electrons. The van der Waals surface area contributed by atoms with Crippen molar-refractivity contribution < 1.29 is 8.42 Å². The van der Waals surface area contributed by atoms with Crippen molar-refractivity contribution in [2.45, 2.75) is 18.4 Å². The SMILES string of the molecule is CCn1cc(S(=O)(=O)Cl)c2cncnc21. The Morgan fingerprint density at radius 2 is 2.27 bits per heavy atom. The van der Waals surface area contributed by atoms with Gasteiger partial charge in [-0.25, -0.2) is 18.4 Å². The van der Waals surface area contributed by atoms with E-state index in [1.807, 2.05) is 6.92 Å². The van der Waals surface area contributed by atoms with Crippen LogP contribution in [0.25, 0.3) is 11.0 Å². The normalized spacial score (nSPS) is 12.1. The lowest BCUT2D eigenvalue weighted by molar-refractivity contribution is 0.609. The minimum Gasteiger partial charge on any atom is -0.331 e. The highest BCUT2D eigenvalue weighted by atomic mass is 35.7. The number of fused-ring (bicyclic) bond motifs is 1. The van der Waals surface area contributed by atoms with Gasteiger partial charge in [-0.3, -0.25) is 0 Å². The monoisotopic (exact) mass is 245 g/mol. The summed E-state index contributed by atoms with van der Waals surface area (Å²) in [5, 5.41) is 0.453. The van der Waals surface area contributed by atoms with E-state index >= 15 is 0 Å². The van der Waals surface area contributed by atoms with Crippen LogP contribution in [0.1, 0.15) is 6.92 Å². The summed E-state index contributed by atoms with van der Waals surface area (Å²) in [5.41, 5.74) is 0.576. The van der Waals surface area contributed by atoms with E-state index < -0.39 is 9.05 Å². The molecule has 0 bridgehead atoms. The van der Waals surface area contributed by atoms with E-state index in [9.17, 15) is 8.42 Å². The Kier molecular flexibility index (Phi) is 2.40. The van der Waals surface area contributed by atoms with Gasteiger partial charge in [0.25, 0.3) is 9.05 Å². The Morgan fingerprint density at radius 3 is 2.87 bits per heavy atom. The molecule has 7 heteroatoms. The fourth-order valence-electron chi connectivity index (χ4n) is 1.43. The second-order valence-corrected chi connectivity index (χ2v) is 5.51. The lowest BCUT2D eigenvalue weighted by atomic mass is 10.4. The molecule has 5 nitrogen and oxygen atoms in total. The molecule has 0 N–H and O–H groups in total. The number of aryl methyl sites for hydroxylation is 1. The number of hydrogen-bond donors (Lipinski definition) is 0. The van der Waals surface area contributed by atoms with Crippen molar-refractivity contribution in [3.05, 3.63) is 18.7 Å². The predicted molar refractivity (Wildman–Crippen MR) is 56.2 cm³/mol. The Hall–Kier alpha value is -1.14. The van der Waals surface area contributed by atoms with Gasteiger partial charge in [-0.05, 0) is 6.92 Å². The van der Waals surface area contributed by atoms with Gasteiger partial charge in [0.1, 0.15) is 16.9 Å². The summed E-state index contributed by atoms with van der Waals surface area (Å²) >= 11 is 0. The van der Waals surface area contributed by atoms with Gasteiger partial charge in [0.05, 0.1) is 5.39 Å². The van der Waals surface area contributed by atoms with Crippen molar-refractivity contribution in [3.8, 4) is 0 Å². The molecule has 0 atom stereocenters. The quantitative estimate of drug-likeness (QED) is 0.750. The summed E-state index contributed by atoms with van der Waals surface area (Å²) in [6.07, 6.45) is 4.30. The maximum Gasteiger partial charge on any atom is 0.263 e. The first-order valence-corrected chi connectivity index (χ1v) is 6.58. The average Bonchev–Trinajstić information content (AvgIpc) is 2.55. The van der Waals surface area contributed by atoms with Crippen molar-refractivity contribution in [3.63, 3.8) is 0 Å². The minimum atomic E-state index is -3.75. The number of nitrogens with zero attached hydrogens (tertiary/aromatic N) is 3. The Morgan fingerprint density at radius 1 is 1.53 bits per heavy atom. The molecule has 0 aliphatic heterocycles. The van der Waals surface area contributed by atoms with Crippen molar-refractivity contribution >= 4 is 30.8 Å². The van der Waals surface area contributed by atoms with E-state index in [1.165, 1.54) is 18.7 Å². The highest BCUT2D eigenvalue weighted by Gasteiger charge is 2.18. The van der Waals surface area contributed by atoms with Crippen molar-refractivity contribution in [2.24, 2.45) is 0 Å². The molecule has 0 saturated carbocycles. The maximum atomic E-state index is 11.3.